The molecule has 2 rings (SSSR count). The fraction of sp³-hybridized carbons (Fsp3) is 0.100. The van der Waals surface area contributed by atoms with E-state index in [1.807, 2.05) is 0 Å². The number of rotatable bonds is 9. The van der Waals surface area contributed by atoms with Gasteiger partial charge < -0.3 is 9.47 Å². The maximum atomic E-state index is 11.6. The quantitative estimate of drug-likeness (QED) is 0.201. The molecule has 30 heavy (non-hydrogen) atoms. The van der Waals surface area contributed by atoms with Gasteiger partial charge in [-0.15, -0.1) is 0 Å². The van der Waals surface area contributed by atoms with E-state index in [2.05, 4.69) is 0 Å². The van der Waals surface area contributed by atoms with Crippen molar-refractivity contribution in [2.24, 2.45) is 0 Å². The fourth-order valence-electron chi connectivity index (χ4n) is 2.10. The highest BCUT2D eigenvalue weighted by atomic mass is 16.6. The molecule has 0 aliphatic carbocycles. The van der Waals surface area contributed by atoms with Crippen LogP contribution in [0.2, 0.25) is 0 Å². The summed E-state index contributed by atoms with van der Waals surface area (Å²) in [6.07, 6.45) is 4.80. The highest BCUT2D eigenvalue weighted by Crippen LogP contribution is 2.13. The molecule has 2 aromatic rings. The summed E-state index contributed by atoms with van der Waals surface area (Å²) in [6.45, 7) is -0.107. The van der Waals surface area contributed by atoms with E-state index in [-0.39, 0.29) is 24.6 Å². The Labute approximate surface area is 170 Å². The number of allylic oxidation sites excluding steroid dienone is 2. The van der Waals surface area contributed by atoms with Crippen LogP contribution in [0.25, 0.3) is 0 Å². The number of benzene rings is 2. The van der Waals surface area contributed by atoms with E-state index in [0.717, 1.165) is 12.2 Å². The average Bonchev–Trinajstić information content (AvgIpc) is 2.74. The number of nitro groups is 2. The summed E-state index contributed by atoms with van der Waals surface area (Å²) in [4.78, 5) is 43.3. The van der Waals surface area contributed by atoms with Crippen LogP contribution in [0.3, 0.4) is 0 Å². The van der Waals surface area contributed by atoms with Gasteiger partial charge in [0.15, 0.2) is 0 Å². The predicted octanol–water partition coefficient (Wildman–Crippen LogP) is 3.40. The summed E-state index contributed by atoms with van der Waals surface area (Å²) in [7, 11) is 0. The Morgan fingerprint density at radius 1 is 0.700 bits per heavy atom. The molecular formula is C20H16N2O8. The minimum absolute atomic E-state index is 0.0534. The molecule has 0 aliphatic heterocycles. The van der Waals surface area contributed by atoms with E-state index < -0.39 is 21.8 Å². The molecule has 0 saturated heterocycles. The van der Waals surface area contributed by atoms with Gasteiger partial charge in [-0.3, -0.25) is 20.2 Å². The van der Waals surface area contributed by atoms with Crippen molar-refractivity contribution in [3.8, 4) is 0 Å². The molecule has 0 N–H and O–H groups in total. The molecule has 0 unspecified atom stereocenters. The lowest BCUT2D eigenvalue weighted by Crippen LogP contribution is -2.01. The normalized spacial score (nSPS) is 10.8. The summed E-state index contributed by atoms with van der Waals surface area (Å²) in [5.74, 6) is -1.31. The van der Waals surface area contributed by atoms with Gasteiger partial charge in [-0.05, 0) is 35.4 Å². The smallest absolute Gasteiger partial charge is 0.331 e. The van der Waals surface area contributed by atoms with Gasteiger partial charge in [0.25, 0.3) is 11.4 Å². The average molecular weight is 412 g/mol. The van der Waals surface area contributed by atoms with Crippen molar-refractivity contribution in [1.29, 1.82) is 0 Å². The Kier molecular flexibility index (Phi) is 7.94. The van der Waals surface area contributed by atoms with Gasteiger partial charge in [-0.2, -0.15) is 0 Å². The molecule has 0 aliphatic rings. The van der Waals surface area contributed by atoms with E-state index in [1.54, 1.807) is 0 Å². The van der Waals surface area contributed by atoms with Crippen molar-refractivity contribution in [2.45, 2.75) is 13.2 Å². The summed E-state index contributed by atoms with van der Waals surface area (Å²) in [5, 5.41) is 21.1. The summed E-state index contributed by atoms with van der Waals surface area (Å²) < 4.78 is 9.95. The second kappa shape index (κ2) is 10.9. The van der Waals surface area contributed by atoms with Crippen molar-refractivity contribution in [1.82, 2.24) is 0 Å². The SMILES string of the molecule is O=C(/C=C\C=C/C(=O)OCc1ccc([N+](=O)[O-])cc1)OCc1ccc([N+](=O)[O-])cc1. The molecular weight excluding hydrogens is 396 g/mol. The van der Waals surface area contributed by atoms with Crippen LogP contribution in [0.1, 0.15) is 11.1 Å². The van der Waals surface area contributed by atoms with Gasteiger partial charge in [0.2, 0.25) is 0 Å². The second-order valence-corrected chi connectivity index (χ2v) is 5.78. The van der Waals surface area contributed by atoms with Crippen LogP contribution in [0.5, 0.6) is 0 Å². The molecule has 0 bridgehead atoms. The van der Waals surface area contributed by atoms with Crippen LogP contribution in [0.15, 0.2) is 72.8 Å². The first kappa shape index (κ1) is 22.0. The number of nitro benzene ring substituents is 2. The van der Waals surface area contributed by atoms with Crippen LogP contribution in [0.4, 0.5) is 11.4 Å². The zero-order valence-electron chi connectivity index (χ0n) is 15.5. The van der Waals surface area contributed by atoms with Crippen molar-refractivity contribution >= 4 is 23.3 Å². The van der Waals surface area contributed by atoms with Gasteiger partial charge in [-0.25, -0.2) is 9.59 Å². The maximum absolute atomic E-state index is 11.6. The Morgan fingerprint density at radius 3 is 1.33 bits per heavy atom. The lowest BCUT2D eigenvalue weighted by atomic mass is 10.2. The van der Waals surface area contributed by atoms with E-state index in [4.69, 9.17) is 9.47 Å². The molecule has 0 atom stereocenters. The summed E-state index contributed by atoms with van der Waals surface area (Å²) >= 11 is 0. The largest absolute Gasteiger partial charge is 0.458 e. The van der Waals surface area contributed by atoms with Crippen molar-refractivity contribution in [2.75, 3.05) is 0 Å². The molecule has 0 saturated carbocycles. The third-order valence-electron chi connectivity index (χ3n) is 3.63. The van der Waals surface area contributed by atoms with Crippen LogP contribution >= 0.6 is 0 Å². The highest BCUT2D eigenvalue weighted by Gasteiger charge is 2.06. The van der Waals surface area contributed by atoms with E-state index in [1.165, 1.54) is 60.7 Å². The van der Waals surface area contributed by atoms with Gasteiger partial charge in [-0.1, -0.05) is 12.2 Å². The van der Waals surface area contributed by atoms with Gasteiger partial charge in [0, 0.05) is 36.4 Å². The number of carbonyl (C=O) groups excluding carboxylic acids is 2. The first-order valence-corrected chi connectivity index (χ1v) is 8.50. The van der Waals surface area contributed by atoms with Gasteiger partial charge in [0.05, 0.1) is 9.85 Å². The highest BCUT2D eigenvalue weighted by molar-refractivity contribution is 5.84. The van der Waals surface area contributed by atoms with E-state index in [0.29, 0.717) is 11.1 Å². The number of non-ortho nitro benzene ring substituents is 2. The number of nitrogens with zero attached hydrogens (tertiary/aromatic N) is 2. The molecule has 0 radical (unpaired) electrons. The third kappa shape index (κ3) is 7.35. The molecule has 0 amide bonds. The predicted molar refractivity (Wildman–Crippen MR) is 104 cm³/mol. The van der Waals surface area contributed by atoms with Crippen LogP contribution in [0, 0.1) is 20.2 Å². The van der Waals surface area contributed by atoms with Crippen LogP contribution < -0.4 is 0 Å². The molecule has 10 heteroatoms. The standard InChI is InChI=1S/C20H16N2O8/c23-19(29-13-15-5-9-17(10-6-15)21(25)26)3-1-2-4-20(24)30-14-16-7-11-18(12-8-16)22(27)28/h1-12H,13-14H2/b3-1-,4-2-. The number of ether oxygens (including phenoxy) is 2. The Bertz CT molecular complexity index is 897. The molecule has 0 heterocycles. The summed E-state index contributed by atoms with van der Waals surface area (Å²) in [6, 6.07) is 11.2. The maximum Gasteiger partial charge on any atom is 0.331 e. The van der Waals surface area contributed by atoms with Crippen LogP contribution in [-0.2, 0) is 32.3 Å². The second-order valence-electron chi connectivity index (χ2n) is 5.78. The van der Waals surface area contributed by atoms with E-state index in [9.17, 15) is 29.8 Å². The first-order chi connectivity index (χ1) is 14.3. The van der Waals surface area contributed by atoms with Gasteiger partial charge in [0.1, 0.15) is 13.2 Å². The minimum atomic E-state index is -0.655. The fourth-order valence-corrected chi connectivity index (χ4v) is 2.10. The first-order valence-electron chi connectivity index (χ1n) is 8.50. The molecule has 0 aromatic heterocycles. The monoisotopic (exact) mass is 412 g/mol. The Hall–Kier alpha value is -4.34. The lowest BCUT2D eigenvalue weighted by molar-refractivity contribution is -0.385. The number of esters is 2. The number of carbonyl (C=O) groups is 2. The van der Waals surface area contributed by atoms with Crippen LogP contribution in [-0.4, -0.2) is 21.8 Å². The van der Waals surface area contributed by atoms with Crippen molar-refractivity contribution in [3.63, 3.8) is 0 Å². The lowest BCUT2D eigenvalue weighted by Gasteiger charge is -2.02. The van der Waals surface area contributed by atoms with Gasteiger partial charge >= 0.3 is 11.9 Å². The zero-order valence-corrected chi connectivity index (χ0v) is 15.5. The molecule has 0 fully saturated rings. The Morgan fingerprint density at radius 2 is 1.03 bits per heavy atom. The third-order valence-corrected chi connectivity index (χ3v) is 3.63. The molecule has 154 valence electrons. The molecule has 10 nitrogen and oxygen atoms in total. The number of hydrogen-bond donors (Lipinski definition) is 0. The zero-order chi connectivity index (χ0) is 21.9. The number of hydrogen-bond acceptors (Lipinski definition) is 8. The summed E-state index contributed by atoms with van der Waals surface area (Å²) in [5.41, 5.74) is 1.06. The van der Waals surface area contributed by atoms with E-state index >= 15 is 0 Å². The Balaban J connectivity index is 1.71. The van der Waals surface area contributed by atoms with Crippen molar-refractivity contribution < 1.29 is 28.9 Å². The molecule has 0 spiro atoms. The minimum Gasteiger partial charge on any atom is -0.458 e. The topological polar surface area (TPSA) is 139 Å². The molecule has 2 aromatic carbocycles. The van der Waals surface area contributed by atoms with Crippen molar-refractivity contribution in [3.05, 3.63) is 104 Å².